The first-order chi connectivity index (χ1) is 11.7. The van der Waals surface area contributed by atoms with E-state index in [0.717, 1.165) is 27.3 Å². The first-order valence-electron chi connectivity index (χ1n) is 7.75. The van der Waals surface area contributed by atoms with E-state index in [-0.39, 0.29) is 5.91 Å². The number of nitrogens with two attached hydrogens (primary N) is 1. The van der Waals surface area contributed by atoms with Gasteiger partial charge in [-0.05, 0) is 28.6 Å². The van der Waals surface area contributed by atoms with Crippen LogP contribution in [0.1, 0.15) is 20.9 Å². The maximum Gasteiger partial charge on any atom is 0.264 e. The molecule has 120 valence electrons. The van der Waals surface area contributed by atoms with Gasteiger partial charge in [0, 0.05) is 25.1 Å². The Kier molecular flexibility index (Phi) is 3.74. The van der Waals surface area contributed by atoms with Gasteiger partial charge in [0.25, 0.3) is 5.91 Å². The molecule has 1 amide bonds. The molecule has 1 aromatic carbocycles. The molecule has 2 N–H and O–H groups in total. The zero-order valence-electron chi connectivity index (χ0n) is 13.0. The molecule has 1 aliphatic heterocycles. The summed E-state index contributed by atoms with van der Waals surface area (Å²) in [4.78, 5) is 15.7. The lowest BCUT2D eigenvalue weighted by atomic mass is 10.0. The maximum atomic E-state index is 13.0. The van der Waals surface area contributed by atoms with E-state index in [0.29, 0.717) is 25.3 Å². The second kappa shape index (κ2) is 6.05. The standard InChI is InChI=1S/C18H16N4OS/c19-16-10-13-11-22(8-6-15(13)20-21-16)18(23)17-14(7-9-24-17)12-4-2-1-3-5-12/h1-5,7,9-10H,6,8,11H2,(H2,19,21). The highest BCUT2D eigenvalue weighted by molar-refractivity contribution is 7.12. The minimum absolute atomic E-state index is 0.0601. The highest BCUT2D eigenvalue weighted by Gasteiger charge is 2.25. The Labute approximate surface area is 143 Å². The molecule has 24 heavy (non-hydrogen) atoms. The largest absolute Gasteiger partial charge is 0.382 e. The summed E-state index contributed by atoms with van der Waals surface area (Å²) in [7, 11) is 0. The molecular weight excluding hydrogens is 320 g/mol. The number of carbonyl (C=O) groups is 1. The molecule has 0 aliphatic carbocycles. The van der Waals surface area contributed by atoms with Crippen LogP contribution in [0.25, 0.3) is 11.1 Å². The van der Waals surface area contributed by atoms with Crippen molar-refractivity contribution in [1.82, 2.24) is 15.1 Å². The predicted molar refractivity (Wildman–Crippen MR) is 94.6 cm³/mol. The maximum absolute atomic E-state index is 13.0. The van der Waals surface area contributed by atoms with Crippen LogP contribution in [0.3, 0.4) is 0 Å². The van der Waals surface area contributed by atoms with Gasteiger partial charge in [-0.25, -0.2) is 0 Å². The third-order valence-corrected chi connectivity index (χ3v) is 5.09. The first kappa shape index (κ1) is 14.8. The lowest BCUT2D eigenvalue weighted by Gasteiger charge is -2.28. The van der Waals surface area contributed by atoms with Crippen molar-refractivity contribution in [1.29, 1.82) is 0 Å². The number of nitrogens with zero attached hydrogens (tertiary/aromatic N) is 3. The monoisotopic (exact) mass is 336 g/mol. The lowest BCUT2D eigenvalue weighted by molar-refractivity contribution is 0.0739. The van der Waals surface area contributed by atoms with Crippen molar-refractivity contribution in [3.05, 3.63) is 64.0 Å². The zero-order valence-corrected chi connectivity index (χ0v) is 13.8. The third kappa shape index (κ3) is 2.65. The Morgan fingerprint density at radius 1 is 1.17 bits per heavy atom. The van der Waals surface area contributed by atoms with Crippen molar-refractivity contribution >= 4 is 23.1 Å². The van der Waals surface area contributed by atoms with Crippen LogP contribution in [0.15, 0.2) is 47.8 Å². The summed E-state index contributed by atoms with van der Waals surface area (Å²) in [5, 5.41) is 9.99. The Morgan fingerprint density at radius 2 is 2.00 bits per heavy atom. The van der Waals surface area contributed by atoms with Crippen LogP contribution < -0.4 is 5.73 Å². The summed E-state index contributed by atoms with van der Waals surface area (Å²) in [6, 6.07) is 13.8. The van der Waals surface area contributed by atoms with Crippen molar-refractivity contribution in [2.75, 3.05) is 12.3 Å². The molecule has 3 heterocycles. The van der Waals surface area contributed by atoms with E-state index < -0.39 is 0 Å². The number of amides is 1. The topological polar surface area (TPSA) is 72.1 Å². The molecule has 5 nitrogen and oxygen atoms in total. The number of anilines is 1. The summed E-state index contributed by atoms with van der Waals surface area (Å²) in [6.07, 6.45) is 0.709. The van der Waals surface area contributed by atoms with Crippen molar-refractivity contribution in [3.8, 4) is 11.1 Å². The number of carbonyl (C=O) groups excluding carboxylic acids is 1. The summed E-state index contributed by atoms with van der Waals surface area (Å²) < 4.78 is 0. The van der Waals surface area contributed by atoms with Gasteiger partial charge in [-0.1, -0.05) is 30.3 Å². The highest BCUT2D eigenvalue weighted by Crippen LogP contribution is 2.30. The Hall–Kier alpha value is -2.73. The number of nitrogen functional groups attached to an aromatic ring is 1. The number of benzene rings is 1. The molecule has 0 fully saturated rings. The van der Waals surface area contributed by atoms with Crippen LogP contribution in [-0.4, -0.2) is 27.5 Å². The molecule has 0 spiro atoms. The number of aromatic nitrogens is 2. The second-order valence-corrected chi connectivity index (χ2v) is 6.66. The van der Waals surface area contributed by atoms with Crippen LogP contribution in [0, 0.1) is 0 Å². The van der Waals surface area contributed by atoms with Crippen LogP contribution in [0.4, 0.5) is 5.82 Å². The van der Waals surface area contributed by atoms with Gasteiger partial charge in [0.1, 0.15) is 5.82 Å². The van der Waals surface area contributed by atoms with Crippen LogP contribution in [0.2, 0.25) is 0 Å². The van der Waals surface area contributed by atoms with E-state index in [1.54, 1.807) is 0 Å². The Balaban J connectivity index is 1.63. The molecule has 3 aromatic rings. The summed E-state index contributed by atoms with van der Waals surface area (Å²) in [5.41, 5.74) is 9.70. The summed E-state index contributed by atoms with van der Waals surface area (Å²) in [5.74, 6) is 0.453. The van der Waals surface area contributed by atoms with Crippen LogP contribution >= 0.6 is 11.3 Å². The number of rotatable bonds is 2. The van der Waals surface area contributed by atoms with Crippen molar-refractivity contribution in [2.45, 2.75) is 13.0 Å². The SMILES string of the molecule is Nc1cc2c(nn1)CCN(C(=O)c1sccc1-c1ccccc1)C2. The zero-order chi connectivity index (χ0) is 16.5. The Bertz CT molecular complexity index is 891. The quantitative estimate of drug-likeness (QED) is 0.781. The van der Waals surface area contributed by atoms with Gasteiger partial charge in [-0.2, -0.15) is 5.10 Å². The molecule has 0 radical (unpaired) electrons. The third-order valence-electron chi connectivity index (χ3n) is 4.19. The van der Waals surface area contributed by atoms with E-state index in [2.05, 4.69) is 10.2 Å². The fourth-order valence-electron chi connectivity index (χ4n) is 2.98. The average molecular weight is 336 g/mol. The fourth-order valence-corrected chi connectivity index (χ4v) is 3.87. The summed E-state index contributed by atoms with van der Waals surface area (Å²) >= 11 is 1.49. The average Bonchev–Trinajstić information content (AvgIpc) is 3.11. The number of fused-ring (bicyclic) bond motifs is 1. The van der Waals surface area contributed by atoms with E-state index in [1.165, 1.54) is 11.3 Å². The van der Waals surface area contributed by atoms with E-state index in [4.69, 9.17) is 5.73 Å². The van der Waals surface area contributed by atoms with Crippen molar-refractivity contribution in [3.63, 3.8) is 0 Å². The molecule has 0 unspecified atom stereocenters. The predicted octanol–water partition coefficient (Wildman–Crippen LogP) is 2.99. The van der Waals surface area contributed by atoms with Gasteiger partial charge in [0.15, 0.2) is 0 Å². The highest BCUT2D eigenvalue weighted by atomic mass is 32.1. The van der Waals surface area contributed by atoms with Crippen molar-refractivity contribution in [2.24, 2.45) is 0 Å². The van der Waals surface area contributed by atoms with Crippen molar-refractivity contribution < 1.29 is 4.79 Å². The molecular formula is C18H16N4OS. The molecule has 1 aliphatic rings. The second-order valence-electron chi connectivity index (χ2n) is 5.75. The van der Waals surface area contributed by atoms with Gasteiger partial charge < -0.3 is 10.6 Å². The molecule has 0 saturated heterocycles. The van der Waals surface area contributed by atoms with Crippen LogP contribution in [0.5, 0.6) is 0 Å². The molecule has 0 saturated carbocycles. The lowest BCUT2D eigenvalue weighted by Crippen LogP contribution is -2.36. The normalized spacial score (nSPS) is 13.6. The number of hydrogen-bond acceptors (Lipinski definition) is 5. The van der Waals surface area contributed by atoms with E-state index in [9.17, 15) is 4.79 Å². The minimum Gasteiger partial charge on any atom is -0.382 e. The molecule has 2 aromatic heterocycles. The minimum atomic E-state index is 0.0601. The van der Waals surface area contributed by atoms with E-state index >= 15 is 0 Å². The first-order valence-corrected chi connectivity index (χ1v) is 8.63. The van der Waals surface area contributed by atoms with Crippen LogP contribution in [-0.2, 0) is 13.0 Å². The summed E-state index contributed by atoms with van der Waals surface area (Å²) in [6.45, 7) is 1.18. The molecule has 0 bridgehead atoms. The smallest absolute Gasteiger partial charge is 0.264 e. The number of hydrogen-bond donors (Lipinski definition) is 1. The molecule has 4 rings (SSSR count). The van der Waals surface area contributed by atoms with Gasteiger partial charge in [-0.3, -0.25) is 4.79 Å². The molecule has 6 heteroatoms. The Morgan fingerprint density at radius 3 is 2.83 bits per heavy atom. The number of thiophene rings is 1. The van der Waals surface area contributed by atoms with E-state index in [1.807, 2.05) is 52.7 Å². The van der Waals surface area contributed by atoms with Gasteiger partial charge in [-0.15, -0.1) is 16.4 Å². The van der Waals surface area contributed by atoms with Gasteiger partial charge >= 0.3 is 0 Å². The van der Waals surface area contributed by atoms with Gasteiger partial charge in [0.05, 0.1) is 10.6 Å². The van der Waals surface area contributed by atoms with Gasteiger partial charge in [0.2, 0.25) is 0 Å². The molecule has 0 atom stereocenters. The fraction of sp³-hybridized carbons (Fsp3) is 0.167.